The van der Waals surface area contributed by atoms with Crippen molar-refractivity contribution in [2.75, 3.05) is 20.8 Å². The molecule has 4 atom stereocenters. The van der Waals surface area contributed by atoms with Crippen molar-refractivity contribution in [1.29, 1.82) is 0 Å². The van der Waals surface area contributed by atoms with Crippen molar-refractivity contribution in [2.45, 2.75) is 37.4 Å². The Morgan fingerprint density at radius 1 is 0.906 bits per heavy atom. The molecule has 0 bridgehead atoms. The summed E-state index contributed by atoms with van der Waals surface area (Å²) < 4.78 is 37.3. The number of aromatic nitrogens is 2. The minimum atomic E-state index is -4.09. The molecule has 0 radical (unpaired) electrons. The molecule has 1 unspecified atom stereocenters. The number of nitrogens with one attached hydrogen (secondary N) is 1. The van der Waals surface area contributed by atoms with E-state index in [0.29, 0.717) is 11.5 Å². The highest BCUT2D eigenvalue weighted by Gasteiger charge is 2.45. The molecule has 1 aliphatic heterocycles. The fourth-order valence-electron chi connectivity index (χ4n) is 6.17. The molecule has 0 spiro atoms. The number of nitrogens with zero attached hydrogens (tertiary/aromatic N) is 2. The third-order valence-electron chi connectivity index (χ3n) is 8.81. The van der Waals surface area contributed by atoms with Crippen LogP contribution in [0.5, 0.6) is 17.2 Å². The van der Waals surface area contributed by atoms with E-state index in [1.54, 1.807) is 21.1 Å². The fourth-order valence-corrected chi connectivity index (χ4v) is 7.75. The highest BCUT2D eigenvalue weighted by atomic mass is 32.5. The van der Waals surface area contributed by atoms with Gasteiger partial charge >= 0.3 is 12.4 Å². The van der Waals surface area contributed by atoms with Gasteiger partial charge in [-0.25, -0.2) is 4.79 Å². The first-order valence-electron chi connectivity index (χ1n) is 16.3. The molecule has 6 rings (SSSR count). The van der Waals surface area contributed by atoms with Gasteiger partial charge in [0.2, 0.25) is 0 Å². The number of methoxy groups -OCH3 is 2. The summed E-state index contributed by atoms with van der Waals surface area (Å²) in [5.41, 5.74) is -0.0921. The molecule has 1 saturated heterocycles. The second kappa shape index (κ2) is 15.8. The summed E-state index contributed by atoms with van der Waals surface area (Å²) in [6.45, 7) is -2.69. The summed E-state index contributed by atoms with van der Waals surface area (Å²) in [6.07, 6.45) is -1.51. The topological polar surface area (TPSA) is 174 Å². The Labute approximate surface area is 308 Å². The van der Waals surface area contributed by atoms with Gasteiger partial charge in [-0.3, -0.25) is 29.0 Å². The van der Waals surface area contributed by atoms with E-state index in [1.807, 2.05) is 78.9 Å². The van der Waals surface area contributed by atoms with Crippen LogP contribution in [0.25, 0.3) is 0 Å². The zero-order valence-corrected chi connectivity index (χ0v) is 30.5. The Morgan fingerprint density at radius 3 is 2.00 bits per heavy atom. The minimum absolute atomic E-state index is 0.00535. The van der Waals surface area contributed by atoms with E-state index in [1.165, 1.54) is 35.0 Å². The average molecular weight is 762 g/mol. The SMILES string of the molecule is COc1ccc(C(OC[C@H]2O[C@@H](n3cc(C)c(=O)[nH]c3=O)C[C@@H]2OP(O)(=S)Oc2ccc([N+](=O)[O-])cc2)(c2ccccc2)c2ccc(OC)cc2)cc1. The number of aryl methyl sites for hydroxylation is 1. The van der Waals surface area contributed by atoms with Crippen molar-refractivity contribution in [2.24, 2.45) is 0 Å². The Hall–Kier alpha value is -5.15. The first-order chi connectivity index (χ1) is 25.4. The van der Waals surface area contributed by atoms with Gasteiger partial charge in [-0.15, -0.1) is 0 Å². The van der Waals surface area contributed by atoms with Crippen molar-refractivity contribution >= 4 is 24.2 Å². The highest BCUT2D eigenvalue weighted by molar-refractivity contribution is 8.07. The van der Waals surface area contributed by atoms with Crippen molar-refractivity contribution in [3.05, 3.63) is 163 Å². The molecule has 1 fully saturated rings. The highest BCUT2D eigenvalue weighted by Crippen LogP contribution is 2.50. The number of non-ortho nitro benzene ring substituents is 1. The van der Waals surface area contributed by atoms with E-state index in [9.17, 15) is 24.6 Å². The molecular weight excluding hydrogens is 725 g/mol. The number of H-pyrrole nitrogens is 1. The number of ether oxygens (including phenoxy) is 4. The molecule has 2 N–H and O–H groups in total. The predicted molar refractivity (Wildman–Crippen MR) is 198 cm³/mol. The number of hydrogen-bond donors (Lipinski definition) is 2. The maximum atomic E-state index is 13.0. The number of nitro groups is 1. The number of hydrogen-bond acceptors (Lipinski definition) is 11. The van der Waals surface area contributed by atoms with E-state index in [0.717, 1.165) is 16.7 Å². The van der Waals surface area contributed by atoms with Gasteiger partial charge in [0.15, 0.2) is 0 Å². The van der Waals surface area contributed by atoms with Crippen LogP contribution in [-0.4, -0.2) is 52.4 Å². The van der Waals surface area contributed by atoms with Gasteiger partial charge < -0.3 is 28.4 Å². The van der Waals surface area contributed by atoms with Gasteiger partial charge in [0, 0.05) is 42.1 Å². The van der Waals surface area contributed by atoms with Crippen molar-refractivity contribution in [1.82, 2.24) is 9.55 Å². The molecule has 4 aromatic carbocycles. The summed E-state index contributed by atoms with van der Waals surface area (Å²) >= 11 is 5.41. The molecule has 14 nitrogen and oxygen atoms in total. The Kier molecular flexibility index (Phi) is 11.2. The lowest BCUT2D eigenvalue weighted by molar-refractivity contribution is -0.384. The van der Waals surface area contributed by atoms with Gasteiger partial charge in [-0.2, -0.15) is 0 Å². The van der Waals surface area contributed by atoms with Crippen LogP contribution in [0.15, 0.2) is 119 Å². The number of nitro benzene ring substituents is 1. The van der Waals surface area contributed by atoms with Crippen LogP contribution >= 0.6 is 6.72 Å². The van der Waals surface area contributed by atoms with Crippen LogP contribution in [0, 0.1) is 17.0 Å². The summed E-state index contributed by atoms with van der Waals surface area (Å²) in [4.78, 5) is 49.3. The minimum Gasteiger partial charge on any atom is -0.497 e. The lowest BCUT2D eigenvalue weighted by atomic mass is 9.80. The second-order valence-corrected chi connectivity index (χ2v) is 14.8. The standard InChI is InChI=1S/C37H36N3O11PS/c1-24-22-39(36(42)38-35(24)41)34-21-32(51-52(45,53)50-31-19-13-28(14-20-31)40(43)44)33(49-34)23-48-37(25-7-5-4-6-8-25,26-9-15-29(46-2)16-10-26)27-11-17-30(47-3)18-12-27/h4-20,22,32-34H,21,23H2,1-3H3,(H,45,53)(H,38,41,42)/t32-,33+,34+,52?/m0/s1. The van der Waals surface area contributed by atoms with Gasteiger partial charge in [0.05, 0.1) is 25.7 Å². The number of aromatic amines is 1. The van der Waals surface area contributed by atoms with Crippen LogP contribution < -0.4 is 25.2 Å². The first-order valence-corrected chi connectivity index (χ1v) is 18.9. The predicted octanol–water partition coefficient (Wildman–Crippen LogP) is 5.75. The zero-order valence-electron chi connectivity index (χ0n) is 28.8. The van der Waals surface area contributed by atoms with Crippen LogP contribution in [0.3, 0.4) is 0 Å². The Bertz CT molecular complexity index is 2170. The van der Waals surface area contributed by atoms with Gasteiger partial charge in [-0.05, 0) is 60.0 Å². The van der Waals surface area contributed by atoms with Crippen LogP contribution in [-0.2, 0) is 31.4 Å². The van der Waals surface area contributed by atoms with Crippen LogP contribution in [0.1, 0.15) is 34.9 Å². The molecule has 53 heavy (non-hydrogen) atoms. The summed E-state index contributed by atoms with van der Waals surface area (Å²) in [7, 11) is 3.16. The monoisotopic (exact) mass is 761 g/mol. The maximum absolute atomic E-state index is 13.0. The van der Waals surface area contributed by atoms with Crippen LogP contribution in [0.2, 0.25) is 0 Å². The molecule has 276 valence electrons. The molecule has 16 heteroatoms. The lowest BCUT2D eigenvalue weighted by Gasteiger charge is -2.37. The molecular formula is C37H36N3O11PS. The van der Waals surface area contributed by atoms with E-state index in [-0.39, 0.29) is 30.0 Å². The molecule has 0 saturated carbocycles. The van der Waals surface area contributed by atoms with Crippen LogP contribution in [0.4, 0.5) is 5.69 Å². The Balaban J connectivity index is 1.39. The third-order valence-corrected chi connectivity index (χ3v) is 10.3. The molecule has 5 aromatic rings. The molecule has 2 heterocycles. The number of rotatable bonds is 14. The summed E-state index contributed by atoms with van der Waals surface area (Å²) in [5, 5.41) is 11.1. The smallest absolute Gasteiger partial charge is 0.378 e. The Morgan fingerprint density at radius 2 is 1.45 bits per heavy atom. The largest absolute Gasteiger partial charge is 0.497 e. The lowest BCUT2D eigenvalue weighted by Crippen LogP contribution is -2.38. The van der Waals surface area contributed by atoms with E-state index in [2.05, 4.69) is 4.98 Å². The van der Waals surface area contributed by atoms with Gasteiger partial charge in [-0.1, -0.05) is 54.6 Å². The molecule has 0 aliphatic carbocycles. The zero-order chi connectivity index (χ0) is 37.8. The molecule has 0 amide bonds. The molecule has 1 aliphatic rings. The normalized spacial score (nSPS) is 18.2. The van der Waals surface area contributed by atoms with E-state index in [4.69, 9.17) is 39.8 Å². The quantitative estimate of drug-likeness (QED) is 0.0609. The average Bonchev–Trinajstić information content (AvgIpc) is 3.55. The number of benzene rings is 4. The molecule has 1 aromatic heterocycles. The van der Waals surface area contributed by atoms with E-state index < -0.39 is 46.9 Å². The van der Waals surface area contributed by atoms with Gasteiger partial charge in [0.25, 0.3) is 11.2 Å². The van der Waals surface area contributed by atoms with E-state index >= 15 is 0 Å². The third kappa shape index (κ3) is 8.25. The van der Waals surface area contributed by atoms with Crippen molar-refractivity contribution < 1.29 is 37.8 Å². The summed E-state index contributed by atoms with van der Waals surface area (Å²) in [5.74, 6) is 1.34. The maximum Gasteiger partial charge on any atom is 0.378 e. The van der Waals surface area contributed by atoms with Crippen molar-refractivity contribution in [3.63, 3.8) is 0 Å². The van der Waals surface area contributed by atoms with Crippen molar-refractivity contribution in [3.8, 4) is 17.2 Å². The first kappa shape index (κ1) is 37.6. The second-order valence-electron chi connectivity index (χ2n) is 12.1. The van der Waals surface area contributed by atoms with Gasteiger partial charge in [0.1, 0.15) is 41.3 Å². The fraction of sp³-hybridized carbons (Fsp3) is 0.243. The summed E-state index contributed by atoms with van der Waals surface area (Å²) in [6, 6.07) is 29.5.